The molecule has 1 rings (SSSR count). The van der Waals surface area contributed by atoms with Gasteiger partial charge >= 0.3 is 5.97 Å². The maximum atomic E-state index is 10.2. The van der Waals surface area contributed by atoms with Crippen molar-refractivity contribution in [2.24, 2.45) is 0 Å². The highest BCUT2D eigenvalue weighted by Crippen LogP contribution is 2.11. The molecule has 0 aromatic carbocycles. The predicted octanol–water partition coefficient (Wildman–Crippen LogP) is 0.614. The van der Waals surface area contributed by atoms with Crippen LogP contribution in [-0.4, -0.2) is 30.6 Å². The van der Waals surface area contributed by atoms with Crippen LogP contribution in [0, 0.1) is 0 Å². The van der Waals surface area contributed by atoms with E-state index in [0.717, 1.165) is 6.42 Å². The van der Waals surface area contributed by atoms with Gasteiger partial charge in [-0.2, -0.15) is 0 Å². The lowest BCUT2D eigenvalue weighted by Crippen LogP contribution is -2.24. The summed E-state index contributed by atoms with van der Waals surface area (Å²) in [7, 11) is 0. The Bertz CT molecular complexity index is 128. The maximum absolute atomic E-state index is 10.2. The quantitative estimate of drug-likeness (QED) is 0.657. The minimum absolute atomic E-state index is 0.0832. The van der Waals surface area contributed by atoms with Crippen molar-refractivity contribution >= 4 is 5.97 Å². The monoisotopic (exact) mass is 160 g/mol. The van der Waals surface area contributed by atoms with Gasteiger partial charge in [-0.1, -0.05) is 0 Å². The molecule has 1 aliphatic heterocycles. The number of ether oxygens (including phenoxy) is 2. The summed E-state index contributed by atoms with van der Waals surface area (Å²) in [6.45, 7) is 0.995. The molecule has 1 unspecified atom stereocenters. The van der Waals surface area contributed by atoms with Crippen molar-refractivity contribution in [3.05, 3.63) is 0 Å². The lowest BCUT2D eigenvalue weighted by molar-refractivity contribution is -0.149. The molecular weight excluding hydrogens is 148 g/mol. The average Bonchev–Trinajstić information content (AvgIpc) is 2.03. The summed E-state index contributed by atoms with van der Waals surface area (Å²) < 4.78 is 10.1. The third-order valence-corrected chi connectivity index (χ3v) is 1.65. The van der Waals surface area contributed by atoms with Gasteiger partial charge in [-0.05, 0) is 12.8 Å². The molecule has 0 radical (unpaired) electrons. The van der Waals surface area contributed by atoms with E-state index in [-0.39, 0.29) is 12.5 Å². The van der Waals surface area contributed by atoms with Gasteiger partial charge < -0.3 is 14.6 Å². The van der Waals surface area contributed by atoms with Crippen molar-refractivity contribution in [3.8, 4) is 0 Å². The third-order valence-electron chi connectivity index (χ3n) is 1.65. The molecule has 0 aromatic heterocycles. The fourth-order valence-electron chi connectivity index (χ4n) is 1.01. The summed E-state index contributed by atoms with van der Waals surface area (Å²) in [4.78, 5) is 10.2. The Hall–Kier alpha value is -0.610. The van der Waals surface area contributed by atoms with E-state index in [1.807, 2.05) is 0 Å². The largest absolute Gasteiger partial charge is 0.481 e. The summed E-state index contributed by atoms with van der Waals surface area (Å²) in [5.41, 5.74) is 0. The van der Waals surface area contributed by atoms with E-state index in [0.29, 0.717) is 19.8 Å². The number of rotatable bonds is 3. The number of carboxylic acid groups (broad SMARTS) is 1. The zero-order chi connectivity index (χ0) is 8.10. The molecule has 64 valence electrons. The molecule has 0 aromatic rings. The minimum atomic E-state index is -0.764. The van der Waals surface area contributed by atoms with Crippen LogP contribution < -0.4 is 0 Å². The first-order valence-corrected chi connectivity index (χ1v) is 3.70. The van der Waals surface area contributed by atoms with E-state index < -0.39 is 5.97 Å². The van der Waals surface area contributed by atoms with Crippen LogP contribution in [0.2, 0.25) is 0 Å². The summed E-state index contributed by atoms with van der Waals surface area (Å²) in [5.74, 6) is -0.764. The van der Waals surface area contributed by atoms with Crippen molar-refractivity contribution < 1.29 is 19.4 Å². The van der Waals surface area contributed by atoms with Crippen molar-refractivity contribution in [2.45, 2.75) is 25.4 Å². The Labute approximate surface area is 65.1 Å². The fraction of sp³-hybridized carbons (Fsp3) is 0.857. The maximum Gasteiger partial charge on any atom is 0.303 e. The fourth-order valence-corrected chi connectivity index (χ4v) is 1.01. The molecule has 0 bridgehead atoms. The Morgan fingerprint density at radius 2 is 2.45 bits per heavy atom. The molecule has 0 saturated carbocycles. The molecular formula is C7H12O4. The van der Waals surface area contributed by atoms with Crippen LogP contribution in [0.25, 0.3) is 0 Å². The van der Waals surface area contributed by atoms with Crippen LogP contribution >= 0.6 is 0 Å². The van der Waals surface area contributed by atoms with Crippen LogP contribution in [0.3, 0.4) is 0 Å². The van der Waals surface area contributed by atoms with Crippen LogP contribution in [0.1, 0.15) is 19.3 Å². The SMILES string of the molecule is O=C(O)CCC1CCOCO1. The van der Waals surface area contributed by atoms with E-state index in [1.54, 1.807) is 0 Å². The Balaban J connectivity index is 2.09. The first kappa shape index (κ1) is 8.49. The molecule has 0 spiro atoms. The highest BCUT2D eigenvalue weighted by atomic mass is 16.7. The van der Waals surface area contributed by atoms with Gasteiger partial charge in [0.25, 0.3) is 0 Å². The van der Waals surface area contributed by atoms with Gasteiger partial charge in [0.15, 0.2) is 0 Å². The number of aliphatic carboxylic acids is 1. The molecule has 1 fully saturated rings. The minimum Gasteiger partial charge on any atom is -0.481 e. The zero-order valence-corrected chi connectivity index (χ0v) is 6.28. The van der Waals surface area contributed by atoms with Crippen LogP contribution in [0.4, 0.5) is 0 Å². The summed E-state index contributed by atoms with van der Waals surface area (Å²) >= 11 is 0. The molecule has 1 heterocycles. The second-order valence-electron chi connectivity index (χ2n) is 2.54. The van der Waals surface area contributed by atoms with Crippen molar-refractivity contribution in [1.82, 2.24) is 0 Å². The molecule has 11 heavy (non-hydrogen) atoms. The number of hydrogen-bond acceptors (Lipinski definition) is 3. The molecule has 4 nitrogen and oxygen atoms in total. The normalized spacial score (nSPS) is 24.9. The molecule has 1 N–H and O–H groups in total. The smallest absolute Gasteiger partial charge is 0.303 e. The highest BCUT2D eigenvalue weighted by molar-refractivity contribution is 5.66. The van der Waals surface area contributed by atoms with Crippen molar-refractivity contribution in [2.75, 3.05) is 13.4 Å². The van der Waals surface area contributed by atoms with Gasteiger partial charge in [-0.25, -0.2) is 0 Å². The van der Waals surface area contributed by atoms with Crippen LogP contribution in [-0.2, 0) is 14.3 Å². The predicted molar refractivity (Wildman–Crippen MR) is 37.2 cm³/mol. The molecule has 0 aliphatic carbocycles. The van der Waals surface area contributed by atoms with E-state index in [4.69, 9.17) is 14.6 Å². The second kappa shape index (κ2) is 4.31. The highest BCUT2D eigenvalue weighted by Gasteiger charge is 2.14. The van der Waals surface area contributed by atoms with Crippen molar-refractivity contribution in [1.29, 1.82) is 0 Å². The number of carbonyl (C=O) groups is 1. The van der Waals surface area contributed by atoms with Crippen molar-refractivity contribution in [3.63, 3.8) is 0 Å². The lowest BCUT2D eigenvalue weighted by atomic mass is 10.1. The van der Waals surface area contributed by atoms with Crippen LogP contribution in [0.15, 0.2) is 0 Å². The van der Waals surface area contributed by atoms with Gasteiger partial charge in [0, 0.05) is 6.42 Å². The number of hydrogen-bond donors (Lipinski definition) is 1. The summed E-state index contributed by atoms with van der Waals surface area (Å²) in [5, 5.41) is 8.36. The Morgan fingerprint density at radius 3 is 3.00 bits per heavy atom. The molecule has 1 aliphatic rings. The molecule has 0 amide bonds. The van der Waals surface area contributed by atoms with Gasteiger partial charge in [-0.3, -0.25) is 4.79 Å². The van der Waals surface area contributed by atoms with Gasteiger partial charge in [0.2, 0.25) is 0 Å². The van der Waals surface area contributed by atoms with Gasteiger partial charge in [-0.15, -0.1) is 0 Å². The van der Waals surface area contributed by atoms with Gasteiger partial charge in [0.05, 0.1) is 12.7 Å². The zero-order valence-electron chi connectivity index (χ0n) is 6.28. The molecule has 1 saturated heterocycles. The number of carboxylic acids is 1. The van der Waals surface area contributed by atoms with Gasteiger partial charge in [0.1, 0.15) is 6.79 Å². The Kier molecular flexibility index (Phi) is 3.32. The van der Waals surface area contributed by atoms with Crippen LogP contribution in [0.5, 0.6) is 0 Å². The first-order valence-electron chi connectivity index (χ1n) is 3.70. The second-order valence-corrected chi connectivity index (χ2v) is 2.54. The summed E-state index contributed by atoms with van der Waals surface area (Å²) in [6.07, 6.45) is 1.68. The Morgan fingerprint density at radius 1 is 1.64 bits per heavy atom. The first-order chi connectivity index (χ1) is 5.29. The lowest BCUT2D eigenvalue weighted by Gasteiger charge is -2.21. The standard InChI is InChI=1S/C7H12O4/c8-7(9)2-1-6-3-4-10-5-11-6/h6H,1-5H2,(H,8,9). The average molecular weight is 160 g/mol. The topological polar surface area (TPSA) is 55.8 Å². The van der Waals surface area contributed by atoms with E-state index >= 15 is 0 Å². The third kappa shape index (κ3) is 3.34. The summed E-state index contributed by atoms with van der Waals surface area (Å²) in [6, 6.07) is 0. The molecule has 1 atom stereocenters. The van der Waals surface area contributed by atoms with E-state index in [9.17, 15) is 4.79 Å². The molecule has 4 heteroatoms. The van der Waals surface area contributed by atoms with E-state index in [2.05, 4.69) is 0 Å². The van der Waals surface area contributed by atoms with E-state index in [1.165, 1.54) is 0 Å².